The van der Waals surface area contributed by atoms with Crippen LogP contribution in [-0.2, 0) is 6.54 Å². The third kappa shape index (κ3) is 3.04. The molecule has 0 N–H and O–H groups in total. The molecule has 1 aliphatic carbocycles. The van der Waals surface area contributed by atoms with Crippen LogP contribution in [0.2, 0.25) is 0 Å². The lowest BCUT2D eigenvalue weighted by atomic mass is 10.2. The van der Waals surface area contributed by atoms with Crippen LogP contribution in [0.4, 0.5) is 0 Å². The fourth-order valence-corrected chi connectivity index (χ4v) is 1.86. The van der Waals surface area contributed by atoms with Crippen LogP contribution < -0.4 is 0 Å². The Balaban J connectivity index is 1.97. The molecular formula is C13H17N3. The summed E-state index contributed by atoms with van der Waals surface area (Å²) in [5.74, 6) is 0.914. The zero-order valence-corrected chi connectivity index (χ0v) is 9.69. The first-order chi connectivity index (χ1) is 7.81. The van der Waals surface area contributed by atoms with Gasteiger partial charge in [0, 0.05) is 19.3 Å². The maximum Gasteiger partial charge on any atom is 0.140 e. The quantitative estimate of drug-likeness (QED) is 0.755. The molecule has 0 radical (unpaired) electrons. The van der Waals surface area contributed by atoms with Gasteiger partial charge in [-0.2, -0.15) is 5.26 Å². The lowest BCUT2D eigenvalue weighted by Gasteiger charge is -2.20. The van der Waals surface area contributed by atoms with E-state index in [4.69, 9.17) is 5.26 Å². The summed E-state index contributed by atoms with van der Waals surface area (Å²) < 4.78 is 0. The van der Waals surface area contributed by atoms with E-state index in [9.17, 15) is 0 Å². The first kappa shape index (κ1) is 11.1. The molecule has 1 heterocycles. The molecule has 0 saturated heterocycles. The SMILES string of the molecule is CCN(Cc1ccnc(C#N)c1)CC1CC1. The maximum absolute atomic E-state index is 8.78. The highest BCUT2D eigenvalue weighted by Crippen LogP contribution is 2.30. The Morgan fingerprint density at radius 1 is 1.56 bits per heavy atom. The summed E-state index contributed by atoms with van der Waals surface area (Å²) in [4.78, 5) is 6.42. The van der Waals surface area contributed by atoms with Crippen LogP contribution in [0.15, 0.2) is 18.3 Å². The lowest BCUT2D eigenvalue weighted by Crippen LogP contribution is -2.25. The zero-order chi connectivity index (χ0) is 11.4. The number of nitriles is 1. The van der Waals surface area contributed by atoms with Crippen molar-refractivity contribution in [2.45, 2.75) is 26.3 Å². The molecule has 84 valence electrons. The van der Waals surface area contributed by atoms with E-state index < -0.39 is 0 Å². The topological polar surface area (TPSA) is 39.9 Å². The van der Waals surface area contributed by atoms with Crippen molar-refractivity contribution in [1.82, 2.24) is 9.88 Å². The molecule has 16 heavy (non-hydrogen) atoms. The Kier molecular flexibility index (Phi) is 3.53. The van der Waals surface area contributed by atoms with Crippen LogP contribution in [0.25, 0.3) is 0 Å². The minimum atomic E-state index is 0.514. The van der Waals surface area contributed by atoms with E-state index in [2.05, 4.69) is 22.9 Å². The van der Waals surface area contributed by atoms with E-state index in [1.54, 1.807) is 6.20 Å². The second-order valence-corrected chi connectivity index (χ2v) is 4.43. The van der Waals surface area contributed by atoms with Crippen molar-refractivity contribution in [2.75, 3.05) is 13.1 Å². The molecule has 2 rings (SSSR count). The molecule has 0 spiro atoms. The number of nitrogens with zero attached hydrogens (tertiary/aromatic N) is 3. The lowest BCUT2D eigenvalue weighted by molar-refractivity contribution is 0.268. The average molecular weight is 215 g/mol. The Labute approximate surface area is 96.7 Å². The van der Waals surface area contributed by atoms with Gasteiger partial charge in [0.05, 0.1) is 0 Å². The van der Waals surface area contributed by atoms with Crippen LogP contribution in [-0.4, -0.2) is 23.0 Å². The Morgan fingerprint density at radius 3 is 3.00 bits per heavy atom. The predicted octanol–water partition coefficient (Wildman–Crippen LogP) is 2.19. The number of hydrogen-bond donors (Lipinski definition) is 0. The van der Waals surface area contributed by atoms with Gasteiger partial charge in [-0.15, -0.1) is 0 Å². The predicted molar refractivity (Wildman–Crippen MR) is 62.6 cm³/mol. The first-order valence-electron chi connectivity index (χ1n) is 5.89. The van der Waals surface area contributed by atoms with Crippen molar-refractivity contribution in [1.29, 1.82) is 5.26 Å². The normalized spacial score (nSPS) is 15.1. The van der Waals surface area contributed by atoms with Gasteiger partial charge in [-0.25, -0.2) is 4.98 Å². The second-order valence-electron chi connectivity index (χ2n) is 4.43. The maximum atomic E-state index is 8.78. The molecule has 0 aliphatic heterocycles. The molecule has 1 aliphatic rings. The number of pyridine rings is 1. The van der Waals surface area contributed by atoms with Gasteiger partial charge in [-0.1, -0.05) is 6.92 Å². The van der Waals surface area contributed by atoms with Crippen LogP contribution in [0.3, 0.4) is 0 Å². The van der Waals surface area contributed by atoms with Gasteiger partial charge in [-0.3, -0.25) is 4.90 Å². The summed E-state index contributed by atoms with van der Waals surface area (Å²) in [5.41, 5.74) is 1.70. The zero-order valence-electron chi connectivity index (χ0n) is 9.69. The summed E-state index contributed by atoms with van der Waals surface area (Å²) in [6, 6.07) is 5.96. The van der Waals surface area contributed by atoms with E-state index in [-0.39, 0.29) is 0 Å². The highest BCUT2D eigenvalue weighted by atomic mass is 15.1. The van der Waals surface area contributed by atoms with E-state index in [1.807, 2.05) is 12.1 Å². The number of aromatic nitrogens is 1. The molecule has 0 aromatic carbocycles. The molecule has 3 nitrogen and oxygen atoms in total. The summed E-state index contributed by atoms with van der Waals surface area (Å²) in [6.07, 6.45) is 4.49. The highest BCUT2D eigenvalue weighted by Gasteiger charge is 2.23. The number of rotatable bonds is 5. The van der Waals surface area contributed by atoms with Crippen LogP contribution in [0.5, 0.6) is 0 Å². The van der Waals surface area contributed by atoms with Crippen molar-refractivity contribution >= 4 is 0 Å². The van der Waals surface area contributed by atoms with E-state index in [0.717, 1.165) is 19.0 Å². The fourth-order valence-electron chi connectivity index (χ4n) is 1.86. The van der Waals surface area contributed by atoms with Crippen molar-refractivity contribution in [3.05, 3.63) is 29.6 Å². The third-order valence-electron chi connectivity index (χ3n) is 3.01. The fraction of sp³-hybridized carbons (Fsp3) is 0.538. The Bertz CT molecular complexity index is 390. The molecular weight excluding hydrogens is 198 g/mol. The highest BCUT2D eigenvalue weighted by molar-refractivity contribution is 5.25. The standard InChI is InChI=1S/C13H17N3/c1-2-16(9-11-3-4-11)10-12-5-6-15-13(7-12)8-14/h5-7,11H,2-4,9-10H2,1H3. The molecule has 0 unspecified atom stereocenters. The van der Waals surface area contributed by atoms with Gasteiger partial charge in [0.15, 0.2) is 0 Å². The molecule has 0 atom stereocenters. The third-order valence-corrected chi connectivity index (χ3v) is 3.01. The van der Waals surface area contributed by atoms with Crippen LogP contribution in [0, 0.1) is 17.2 Å². The summed E-state index contributed by atoms with van der Waals surface area (Å²) in [6.45, 7) is 5.39. The van der Waals surface area contributed by atoms with Crippen molar-refractivity contribution in [2.24, 2.45) is 5.92 Å². The molecule has 0 bridgehead atoms. The van der Waals surface area contributed by atoms with Gasteiger partial charge in [0.1, 0.15) is 11.8 Å². The van der Waals surface area contributed by atoms with Crippen LogP contribution in [0.1, 0.15) is 31.0 Å². The van der Waals surface area contributed by atoms with Crippen LogP contribution >= 0.6 is 0 Å². The van der Waals surface area contributed by atoms with E-state index in [0.29, 0.717) is 5.69 Å². The summed E-state index contributed by atoms with van der Waals surface area (Å²) in [5, 5.41) is 8.78. The van der Waals surface area contributed by atoms with Gasteiger partial charge in [0.25, 0.3) is 0 Å². The molecule has 0 amide bonds. The van der Waals surface area contributed by atoms with Gasteiger partial charge in [0.2, 0.25) is 0 Å². The molecule has 1 aromatic heterocycles. The summed E-state index contributed by atoms with van der Waals surface area (Å²) >= 11 is 0. The molecule has 1 fully saturated rings. The van der Waals surface area contributed by atoms with Crippen molar-refractivity contribution in [3.63, 3.8) is 0 Å². The Hall–Kier alpha value is -1.40. The van der Waals surface area contributed by atoms with Gasteiger partial charge in [-0.05, 0) is 43.0 Å². The van der Waals surface area contributed by atoms with Crippen molar-refractivity contribution in [3.8, 4) is 6.07 Å². The van der Waals surface area contributed by atoms with E-state index >= 15 is 0 Å². The second kappa shape index (κ2) is 5.09. The average Bonchev–Trinajstić information content (AvgIpc) is 3.12. The van der Waals surface area contributed by atoms with Crippen molar-refractivity contribution < 1.29 is 0 Å². The largest absolute Gasteiger partial charge is 0.299 e. The molecule has 1 aromatic rings. The van der Waals surface area contributed by atoms with E-state index in [1.165, 1.54) is 24.9 Å². The Morgan fingerprint density at radius 2 is 2.38 bits per heavy atom. The minimum absolute atomic E-state index is 0.514. The monoisotopic (exact) mass is 215 g/mol. The summed E-state index contributed by atoms with van der Waals surface area (Å²) in [7, 11) is 0. The van der Waals surface area contributed by atoms with Gasteiger partial charge >= 0.3 is 0 Å². The smallest absolute Gasteiger partial charge is 0.140 e. The molecule has 3 heteroatoms. The first-order valence-corrected chi connectivity index (χ1v) is 5.89. The minimum Gasteiger partial charge on any atom is -0.299 e. The van der Waals surface area contributed by atoms with Gasteiger partial charge < -0.3 is 0 Å². The number of hydrogen-bond acceptors (Lipinski definition) is 3. The molecule has 1 saturated carbocycles.